The number of nitrogens with one attached hydrogen (secondary N) is 2. The molecule has 2 fully saturated rings. The van der Waals surface area contributed by atoms with E-state index in [2.05, 4.69) is 52.3 Å². The molecule has 2 aromatic carbocycles. The molecule has 10 unspecified atom stereocenters. The summed E-state index contributed by atoms with van der Waals surface area (Å²) < 4.78 is 120. The number of carbonyl (C=O) groups excluding carboxylic acids is 2. The van der Waals surface area contributed by atoms with Crippen LogP contribution in [0, 0.1) is 20.2 Å². The van der Waals surface area contributed by atoms with Crippen LogP contribution in [0.2, 0.25) is 0 Å². The highest BCUT2D eigenvalue weighted by atomic mass is 32.2. The number of thioether (sulfide) groups is 2. The zero-order valence-corrected chi connectivity index (χ0v) is 54.4. The third-order valence-corrected chi connectivity index (χ3v) is 21.1. The Hall–Kier alpha value is -5.03. The molecule has 0 aliphatic carbocycles. The number of nitro groups is 2. The maximum atomic E-state index is 12.8. The Bertz CT molecular complexity index is 3790. The van der Waals surface area contributed by atoms with E-state index in [1.165, 1.54) is 71.9 Å². The van der Waals surface area contributed by atoms with Gasteiger partial charge < -0.3 is 68.7 Å². The number of phosphoric acid groups is 6. The van der Waals surface area contributed by atoms with E-state index in [4.69, 9.17) is 43.0 Å². The Morgan fingerprint density at radius 2 is 1.10 bits per heavy atom. The first-order valence-electron chi connectivity index (χ1n) is 26.0. The van der Waals surface area contributed by atoms with E-state index >= 15 is 0 Å². The molecule has 0 radical (unpaired) electrons. The van der Waals surface area contributed by atoms with E-state index < -0.39 is 113 Å². The summed E-state index contributed by atoms with van der Waals surface area (Å²) in [6.07, 6.45) is 2.54. The lowest BCUT2D eigenvalue weighted by molar-refractivity contribution is -0.386. The van der Waals surface area contributed by atoms with Crippen LogP contribution in [-0.2, 0) is 95.4 Å². The van der Waals surface area contributed by atoms with Gasteiger partial charge in [-0.2, -0.15) is 45.8 Å². The lowest BCUT2D eigenvalue weighted by Gasteiger charge is -2.21. The predicted molar refractivity (Wildman–Crippen MR) is 316 cm³/mol. The van der Waals surface area contributed by atoms with Crippen molar-refractivity contribution in [2.75, 3.05) is 47.9 Å². The van der Waals surface area contributed by atoms with Gasteiger partial charge in [-0.1, -0.05) is 24.3 Å². The Morgan fingerprint density at radius 1 is 0.641 bits per heavy atom. The molecule has 2 aliphatic rings. The smallest absolute Gasteiger partial charge is 0.370 e. The molecule has 2 aliphatic heterocycles. The van der Waals surface area contributed by atoms with Crippen molar-refractivity contribution >= 4 is 116 Å². The first-order chi connectivity index (χ1) is 43.1. The van der Waals surface area contributed by atoms with Crippen molar-refractivity contribution in [3.63, 3.8) is 0 Å². The number of rotatable bonds is 34. The topological polar surface area (TPSA) is 580 Å². The second kappa shape index (κ2) is 33.6. The van der Waals surface area contributed by atoms with Crippen LogP contribution in [-0.4, -0.2) is 152 Å². The molecule has 0 bridgehead atoms. The quantitative estimate of drug-likeness (QED) is 0.0105. The summed E-state index contributed by atoms with van der Waals surface area (Å²) in [4.78, 5) is 149. The van der Waals surface area contributed by atoms with Crippen LogP contribution in [0.1, 0.15) is 62.1 Å². The highest BCUT2D eigenvalue weighted by Gasteiger charge is 2.46. The van der Waals surface area contributed by atoms with E-state index in [-0.39, 0.29) is 96.0 Å². The monoisotopic (exact) mass is 1460 g/mol. The molecular formula is C43H58N10O31P6S2. The predicted octanol–water partition coefficient (Wildman–Crippen LogP) is 5.48. The lowest BCUT2D eigenvalue weighted by atomic mass is 10.1. The number of carbonyl (C=O) groups is 2. The van der Waals surface area contributed by atoms with Crippen molar-refractivity contribution in [3.05, 3.63) is 115 Å². The number of ether oxygens (including phenoxy) is 4. The molecule has 10 atom stereocenters. The highest BCUT2D eigenvalue weighted by Crippen LogP contribution is 2.67. The van der Waals surface area contributed by atoms with Crippen molar-refractivity contribution in [1.29, 1.82) is 0 Å². The van der Waals surface area contributed by atoms with Gasteiger partial charge in [0, 0.05) is 44.0 Å². The number of hydrogen-bond acceptors (Lipinski definition) is 29. The number of nitro benzene ring substituents is 2. The fourth-order valence-electron chi connectivity index (χ4n) is 8.36. The molecule has 5 aromatic rings. The van der Waals surface area contributed by atoms with Crippen LogP contribution in [0.3, 0.4) is 0 Å². The van der Waals surface area contributed by atoms with Crippen LogP contribution in [0.4, 0.5) is 23.0 Å². The minimum absolute atomic E-state index is 0.00308. The Labute approximate surface area is 526 Å². The standard InChI is InChI=1S/C22H29N6O15P3S.C21H29N4O16P3S/c1-47-8-4-7-18(29)26-21-20-22(24-12-23-21)27(13-25-20)19-9-16(39-10-14-5-2-3-6-15(14)28(30)31)17(41-19)11-40-45(35,36)43-46(37,38)42-44(32,33)34;1-45-10-4-7-19(26)22-18-8-9-24(21(27)23-18)20-11-16(37-12-14-5-2-3-6-15(14)25(28)29)17(39-20)13-38-43(33,34)41-44(35,36)40-42(30,31)32/h2-3,5-6,12-13,16-17,19H,4,7-11H2,1H3,(H,35,36)(H,37,38)(H2,32,33,34)(H,23,24,26,29);2-3,5-6,8-9,16-17,20H,4,7,10-13H2,1H3,(H,33,34)(H,35,36)(H2,30,31,32)(H,22,23,26,27). The second-order valence-electron chi connectivity index (χ2n) is 18.8. The number of phosphoric ester groups is 2. The van der Waals surface area contributed by atoms with Gasteiger partial charge in [0.05, 0.1) is 65.9 Å². The largest absolute Gasteiger partial charge is 0.490 e. The van der Waals surface area contributed by atoms with Gasteiger partial charge in [0.15, 0.2) is 17.0 Å². The van der Waals surface area contributed by atoms with Crippen molar-refractivity contribution < 1.29 is 131 Å². The molecule has 2 amide bonds. The summed E-state index contributed by atoms with van der Waals surface area (Å²) >= 11 is 3.18. The Kier molecular flexibility index (Phi) is 27.7. The molecule has 5 heterocycles. The van der Waals surface area contributed by atoms with Crippen LogP contribution in [0.5, 0.6) is 0 Å². The van der Waals surface area contributed by atoms with E-state index in [0.29, 0.717) is 12.8 Å². The minimum atomic E-state index is -5.79. The fraction of sp³-hybridized carbons (Fsp3) is 0.465. The molecule has 508 valence electrons. The van der Waals surface area contributed by atoms with Crippen molar-refractivity contribution in [3.8, 4) is 0 Å². The van der Waals surface area contributed by atoms with Crippen LogP contribution in [0.15, 0.2) is 78.2 Å². The maximum Gasteiger partial charge on any atom is 0.490 e. The van der Waals surface area contributed by atoms with Crippen molar-refractivity contribution in [1.82, 2.24) is 29.1 Å². The molecule has 92 heavy (non-hydrogen) atoms. The summed E-state index contributed by atoms with van der Waals surface area (Å²) in [5.74, 6) is 1.07. The number of fused-ring (bicyclic) bond motifs is 1. The van der Waals surface area contributed by atoms with E-state index in [1.54, 1.807) is 29.6 Å². The molecule has 41 nitrogen and oxygen atoms in total. The number of benzene rings is 2. The normalized spacial score (nSPS) is 21.0. The van der Waals surface area contributed by atoms with Crippen LogP contribution >= 0.6 is 70.5 Å². The fourth-order valence-corrected chi connectivity index (χ4v) is 15.3. The average molecular weight is 1460 g/mol. The van der Waals surface area contributed by atoms with Crippen molar-refractivity contribution in [2.24, 2.45) is 0 Å². The summed E-state index contributed by atoms with van der Waals surface area (Å²) in [5.41, 5.74) is -0.524. The number of imidazole rings is 1. The van der Waals surface area contributed by atoms with Gasteiger partial charge in [-0.25, -0.2) is 47.1 Å². The molecule has 10 N–H and O–H groups in total. The van der Waals surface area contributed by atoms with E-state index in [0.717, 1.165) is 16.1 Å². The molecule has 2 saturated heterocycles. The minimum Gasteiger partial charge on any atom is -0.370 e. The van der Waals surface area contributed by atoms with Crippen molar-refractivity contribution in [2.45, 2.75) is 88.6 Å². The van der Waals surface area contributed by atoms with Gasteiger partial charge in [-0.05, 0) is 55.1 Å². The summed E-state index contributed by atoms with van der Waals surface area (Å²) in [5, 5.41) is 28.1. The number of hydrogen-bond donors (Lipinski definition) is 10. The van der Waals surface area contributed by atoms with Gasteiger partial charge >= 0.3 is 52.6 Å². The molecule has 0 spiro atoms. The summed E-state index contributed by atoms with van der Waals surface area (Å²) in [7, 11) is -33.8. The Morgan fingerprint density at radius 3 is 1.54 bits per heavy atom. The molecule has 0 saturated carbocycles. The maximum absolute atomic E-state index is 12.8. The zero-order chi connectivity index (χ0) is 67.8. The van der Waals surface area contributed by atoms with Gasteiger partial charge in [-0.3, -0.25) is 48.0 Å². The van der Waals surface area contributed by atoms with Gasteiger partial charge in [0.1, 0.15) is 36.8 Å². The highest BCUT2D eigenvalue weighted by molar-refractivity contribution is 7.98. The number of para-hydroxylation sites is 2. The van der Waals surface area contributed by atoms with Gasteiger partial charge in [0.25, 0.3) is 11.4 Å². The van der Waals surface area contributed by atoms with Crippen LogP contribution < -0.4 is 16.3 Å². The number of aromatic nitrogens is 6. The molecule has 3 aromatic heterocycles. The Balaban J connectivity index is 0.000000293. The first kappa shape index (κ1) is 76.0. The zero-order valence-electron chi connectivity index (χ0n) is 47.4. The molecule has 7 rings (SSSR count). The third-order valence-electron chi connectivity index (χ3n) is 12.1. The number of amides is 2. The summed E-state index contributed by atoms with van der Waals surface area (Å²) in [6.45, 7) is -2.41. The number of nitrogens with zero attached hydrogens (tertiary/aromatic N) is 8. The summed E-state index contributed by atoms with van der Waals surface area (Å²) in [6, 6.07) is 12.7. The van der Waals surface area contributed by atoms with Gasteiger partial charge in [-0.15, -0.1) is 0 Å². The third kappa shape index (κ3) is 24.3. The molecular weight excluding hydrogens is 1400 g/mol. The number of anilines is 2. The second-order valence-corrected chi connectivity index (χ2v) is 29.6. The lowest BCUT2D eigenvalue weighted by Crippen LogP contribution is -2.29. The average Bonchev–Trinajstić information content (AvgIpc) is 1.63. The SMILES string of the molecule is CSCCCC(=O)Nc1ccn(C2CC(OCc3ccccc3[N+](=O)[O-])C(COP(=O)(O)OP(=O)(O)OP(=O)(O)O)O2)c(=O)n1.CSCCCC(=O)Nc1ncnc2c1ncn2C1CC(OCc2ccccc2[N+](=O)[O-])C(COP(=O)(O)OP(=O)(O)OP(=O)(O)O)O1. The van der Waals surface area contributed by atoms with E-state index in [9.17, 15) is 81.6 Å². The van der Waals surface area contributed by atoms with Gasteiger partial charge in [0.2, 0.25) is 11.8 Å². The first-order valence-corrected chi connectivity index (χ1v) is 37.8. The van der Waals surface area contributed by atoms with E-state index in [1.807, 2.05) is 12.5 Å². The van der Waals surface area contributed by atoms with Crippen LogP contribution in [0.25, 0.3) is 11.2 Å². The molecule has 49 heteroatoms.